The van der Waals surface area contributed by atoms with Crippen molar-refractivity contribution in [3.8, 4) is 0 Å². The number of likely N-dealkylation sites (N-methyl/N-ethyl adjacent to an activating group) is 1. The summed E-state index contributed by atoms with van der Waals surface area (Å²) in [6.45, 7) is 9.46. The molecule has 21 heavy (non-hydrogen) atoms. The second-order valence-corrected chi connectivity index (χ2v) is 5.70. The van der Waals surface area contributed by atoms with Crippen molar-refractivity contribution in [1.82, 2.24) is 14.8 Å². The maximum atomic E-state index is 12.8. The summed E-state index contributed by atoms with van der Waals surface area (Å²) < 4.78 is 0. The van der Waals surface area contributed by atoms with Crippen molar-refractivity contribution in [2.24, 2.45) is 0 Å². The van der Waals surface area contributed by atoms with Gasteiger partial charge in [-0.1, -0.05) is 6.92 Å². The Morgan fingerprint density at radius 3 is 2.86 bits per heavy atom. The van der Waals surface area contributed by atoms with E-state index in [1.807, 2.05) is 24.8 Å². The Morgan fingerprint density at radius 2 is 2.19 bits per heavy atom. The van der Waals surface area contributed by atoms with Crippen LogP contribution >= 0.6 is 0 Å². The molecule has 1 aromatic rings. The Morgan fingerprint density at radius 1 is 1.43 bits per heavy atom. The number of hydrogen-bond acceptors (Lipinski definition) is 4. The van der Waals surface area contributed by atoms with E-state index in [1.165, 1.54) is 0 Å². The first kappa shape index (κ1) is 15.8. The summed E-state index contributed by atoms with van der Waals surface area (Å²) in [5.41, 5.74) is 2.50. The molecule has 0 aliphatic carbocycles. The number of pyridine rings is 1. The number of nitrogens with one attached hydrogen (secondary N) is 1. The molecule has 1 aromatic heterocycles. The molecule has 1 fully saturated rings. The number of anilines is 1. The molecule has 1 amide bonds. The summed E-state index contributed by atoms with van der Waals surface area (Å²) >= 11 is 0. The summed E-state index contributed by atoms with van der Waals surface area (Å²) in [5.74, 6) is 0.0880. The van der Waals surface area contributed by atoms with E-state index in [9.17, 15) is 4.79 Å². The summed E-state index contributed by atoms with van der Waals surface area (Å²) in [6, 6.07) is 2.40. The Bertz CT molecular complexity index is 503. The molecule has 1 aliphatic rings. The molecule has 0 bridgehead atoms. The fourth-order valence-corrected chi connectivity index (χ4v) is 2.81. The largest absolute Gasteiger partial charge is 0.385 e. The third kappa shape index (κ3) is 3.53. The number of piperazine rings is 1. The van der Waals surface area contributed by atoms with Gasteiger partial charge in [-0.15, -0.1) is 0 Å². The van der Waals surface area contributed by atoms with Gasteiger partial charge in [-0.25, -0.2) is 0 Å². The van der Waals surface area contributed by atoms with E-state index < -0.39 is 0 Å². The Hall–Kier alpha value is -1.62. The number of nitrogens with zero attached hydrogens (tertiary/aromatic N) is 3. The van der Waals surface area contributed by atoms with Gasteiger partial charge in [0.1, 0.15) is 0 Å². The lowest BCUT2D eigenvalue weighted by atomic mass is 10.1. The van der Waals surface area contributed by atoms with Crippen molar-refractivity contribution >= 4 is 11.6 Å². The topological polar surface area (TPSA) is 48.5 Å². The van der Waals surface area contributed by atoms with Gasteiger partial charge in [-0.2, -0.15) is 0 Å². The summed E-state index contributed by atoms with van der Waals surface area (Å²) in [6.07, 6.45) is 2.77. The number of rotatable bonds is 4. The van der Waals surface area contributed by atoms with Crippen molar-refractivity contribution in [2.45, 2.75) is 33.2 Å². The number of amides is 1. The maximum Gasteiger partial charge on any atom is 0.257 e. The average Bonchev–Trinajstić information content (AvgIpc) is 2.47. The van der Waals surface area contributed by atoms with Crippen LogP contribution in [0, 0.1) is 6.92 Å². The molecule has 1 aliphatic heterocycles. The molecule has 0 aromatic carbocycles. The van der Waals surface area contributed by atoms with Gasteiger partial charge >= 0.3 is 0 Å². The van der Waals surface area contributed by atoms with Crippen LogP contribution < -0.4 is 5.32 Å². The van der Waals surface area contributed by atoms with Gasteiger partial charge in [0.15, 0.2) is 0 Å². The van der Waals surface area contributed by atoms with Crippen LogP contribution in [0.5, 0.6) is 0 Å². The van der Waals surface area contributed by atoms with Crippen LogP contribution in [0.3, 0.4) is 0 Å². The van der Waals surface area contributed by atoms with Crippen molar-refractivity contribution in [3.05, 3.63) is 23.5 Å². The quantitative estimate of drug-likeness (QED) is 0.921. The first-order valence-corrected chi connectivity index (χ1v) is 7.76. The minimum absolute atomic E-state index is 0.0880. The molecule has 1 saturated heterocycles. The maximum absolute atomic E-state index is 12.8. The van der Waals surface area contributed by atoms with E-state index in [0.717, 1.165) is 44.0 Å². The minimum Gasteiger partial charge on any atom is -0.385 e. The minimum atomic E-state index is 0.0880. The molecule has 116 valence electrons. The van der Waals surface area contributed by atoms with E-state index in [2.05, 4.69) is 29.2 Å². The summed E-state index contributed by atoms with van der Waals surface area (Å²) in [4.78, 5) is 21.4. The van der Waals surface area contributed by atoms with E-state index in [4.69, 9.17) is 0 Å². The lowest BCUT2D eigenvalue weighted by molar-refractivity contribution is 0.0542. The van der Waals surface area contributed by atoms with Gasteiger partial charge in [-0.05, 0) is 33.4 Å². The highest BCUT2D eigenvalue weighted by molar-refractivity contribution is 5.99. The first-order valence-electron chi connectivity index (χ1n) is 7.76. The Labute approximate surface area is 127 Å². The highest BCUT2D eigenvalue weighted by Crippen LogP contribution is 2.20. The smallest absolute Gasteiger partial charge is 0.257 e. The zero-order valence-electron chi connectivity index (χ0n) is 13.5. The normalized spacial score (nSPS) is 19.6. The van der Waals surface area contributed by atoms with Crippen molar-refractivity contribution < 1.29 is 4.79 Å². The van der Waals surface area contributed by atoms with E-state index in [0.29, 0.717) is 11.6 Å². The van der Waals surface area contributed by atoms with Crippen molar-refractivity contribution in [1.29, 1.82) is 0 Å². The number of carbonyl (C=O) groups excluding carboxylic acids is 1. The molecule has 2 rings (SSSR count). The fraction of sp³-hybridized carbons (Fsp3) is 0.625. The van der Waals surface area contributed by atoms with Crippen LogP contribution in [0.25, 0.3) is 0 Å². The molecule has 5 heteroatoms. The highest BCUT2D eigenvalue weighted by Gasteiger charge is 2.28. The second-order valence-electron chi connectivity index (χ2n) is 5.70. The van der Waals surface area contributed by atoms with Gasteiger partial charge in [-0.3, -0.25) is 14.7 Å². The lowest BCUT2D eigenvalue weighted by Crippen LogP contribution is -2.53. The molecule has 0 saturated carbocycles. The summed E-state index contributed by atoms with van der Waals surface area (Å²) in [7, 11) is 2.13. The highest BCUT2D eigenvalue weighted by atomic mass is 16.2. The second kappa shape index (κ2) is 6.89. The zero-order valence-corrected chi connectivity index (χ0v) is 13.5. The van der Waals surface area contributed by atoms with Crippen LogP contribution in [0.4, 0.5) is 5.69 Å². The number of aromatic nitrogens is 1. The average molecular weight is 290 g/mol. The molecular weight excluding hydrogens is 264 g/mol. The third-order valence-corrected chi connectivity index (χ3v) is 4.17. The third-order valence-electron chi connectivity index (χ3n) is 4.17. The molecule has 0 radical (unpaired) electrons. The number of hydrogen-bond donors (Lipinski definition) is 1. The van der Waals surface area contributed by atoms with Crippen molar-refractivity contribution in [2.75, 3.05) is 38.5 Å². The van der Waals surface area contributed by atoms with Gasteiger partial charge < -0.3 is 10.2 Å². The van der Waals surface area contributed by atoms with E-state index >= 15 is 0 Å². The fourth-order valence-electron chi connectivity index (χ4n) is 2.81. The predicted molar refractivity (Wildman–Crippen MR) is 85.8 cm³/mol. The molecule has 1 unspecified atom stereocenters. The van der Waals surface area contributed by atoms with Gasteiger partial charge in [0.05, 0.1) is 11.3 Å². The number of aryl methyl sites for hydroxylation is 1. The molecule has 2 heterocycles. The Balaban J connectivity index is 2.20. The van der Waals surface area contributed by atoms with Crippen LogP contribution in [0.1, 0.15) is 36.3 Å². The van der Waals surface area contributed by atoms with Gasteiger partial charge in [0.25, 0.3) is 5.91 Å². The predicted octanol–water partition coefficient (Wildman–Crippen LogP) is 1.99. The lowest BCUT2D eigenvalue weighted by Gasteiger charge is -2.39. The number of carbonyl (C=O) groups is 1. The summed E-state index contributed by atoms with van der Waals surface area (Å²) in [5, 5.41) is 3.27. The van der Waals surface area contributed by atoms with Crippen LogP contribution in [0.15, 0.2) is 12.3 Å². The molecule has 1 atom stereocenters. The van der Waals surface area contributed by atoms with E-state index in [-0.39, 0.29) is 5.91 Å². The first-order chi connectivity index (χ1) is 10.1. The van der Waals surface area contributed by atoms with Gasteiger partial charge in [0.2, 0.25) is 0 Å². The van der Waals surface area contributed by atoms with Crippen LogP contribution in [-0.2, 0) is 0 Å². The SMILES string of the molecule is CCNc1cc(C)ncc1C(=O)N1CCN(C)C(CC)C1. The van der Waals surface area contributed by atoms with Crippen LogP contribution in [0.2, 0.25) is 0 Å². The van der Waals surface area contributed by atoms with Crippen molar-refractivity contribution in [3.63, 3.8) is 0 Å². The monoisotopic (exact) mass is 290 g/mol. The Kier molecular flexibility index (Phi) is 5.17. The molecular formula is C16H26N4O. The molecule has 1 N–H and O–H groups in total. The van der Waals surface area contributed by atoms with Crippen LogP contribution in [-0.4, -0.2) is 60.0 Å². The zero-order chi connectivity index (χ0) is 15.4. The van der Waals surface area contributed by atoms with Gasteiger partial charge in [0, 0.05) is 44.1 Å². The van der Waals surface area contributed by atoms with E-state index in [1.54, 1.807) is 6.20 Å². The molecule has 0 spiro atoms. The molecule has 5 nitrogen and oxygen atoms in total. The standard InChI is InChI=1S/C16H26N4O/c1-5-13-11-20(8-7-19(13)4)16(21)14-10-18-12(3)9-15(14)17-6-2/h9-10,13H,5-8,11H2,1-4H3,(H,17,18).